The first-order valence-electron chi connectivity index (χ1n) is 4.90. The molecule has 0 aromatic carbocycles. The van der Waals surface area contributed by atoms with Crippen LogP contribution in [0.25, 0.3) is 0 Å². The van der Waals surface area contributed by atoms with E-state index in [9.17, 15) is 0 Å². The predicted octanol–water partition coefficient (Wildman–Crippen LogP) is 1.47. The van der Waals surface area contributed by atoms with Crippen molar-refractivity contribution in [1.29, 1.82) is 0 Å². The van der Waals surface area contributed by atoms with Gasteiger partial charge in [0.15, 0.2) is 0 Å². The molecule has 0 unspecified atom stereocenters. The van der Waals surface area contributed by atoms with E-state index in [4.69, 9.17) is 5.84 Å². The van der Waals surface area contributed by atoms with E-state index in [1.165, 1.54) is 0 Å². The van der Waals surface area contributed by atoms with Crippen molar-refractivity contribution in [2.24, 2.45) is 5.84 Å². The molecule has 78 valence electrons. The zero-order valence-electron chi connectivity index (χ0n) is 9.28. The molecule has 0 spiro atoms. The molecule has 0 fully saturated rings. The number of nitrogens with two attached hydrogens (primary N) is 1. The molecule has 0 bridgehead atoms. The lowest BCUT2D eigenvalue weighted by Crippen LogP contribution is -2.28. The summed E-state index contributed by atoms with van der Waals surface area (Å²) in [7, 11) is 1.80. The van der Waals surface area contributed by atoms with E-state index in [0.717, 1.165) is 23.5 Å². The average molecular weight is 194 g/mol. The lowest BCUT2D eigenvalue weighted by atomic mass is 10.0. The highest BCUT2D eigenvalue weighted by Gasteiger charge is 2.13. The van der Waals surface area contributed by atoms with Gasteiger partial charge in [-0.3, -0.25) is 5.01 Å². The van der Waals surface area contributed by atoms with Crippen LogP contribution in [0.1, 0.15) is 37.9 Å². The highest BCUT2D eigenvalue weighted by Crippen LogP contribution is 2.23. The van der Waals surface area contributed by atoms with Gasteiger partial charge in [-0.1, -0.05) is 20.8 Å². The van der Waals surface area contributed by atoms with Crippen LogP contribution in [0.4, 0.5) is 5.82 Å². The van der Waals surface area contributed by atoms with Gasteiger partial charge in [0.1, 0.15) is 12.1 Å². The Labute approximate surface area is 85.1 Å². The number of hydrogen-bond acceptors (Lipinski definition) is 4. The summed E-state index contributed by atoms with van der Waals surface area (Å²) >= 11 is 0. The Morgan fingerprint density at radius 2 is 2.07 bits per heavy atom. The summed E-state index contributed by atoms with van der Waals surface area (Å²) in [6, 6.07) is 0. The van der Waals surface area contributed by atoms with Gasteiger partial charge in [0.05, 0.1) is 5.69 Å². The van der Waals surface area contributed by atoms with Crippen molar-refractivity contribution in [2.45, 2.75) is 33.1 Å². The maximum atomic E-state index is 5.70. The van der Waals surface area contributed by atoms with Gasteiger partial charge in [-0.25, -0.2) is 15.8 Å². The lowest BCUT2D eigenvalue weighted by molar-refractivity contribution is 0.780. The predicted molar refractivity (Wildman–Crippen MR) is 58.1 cm³/mol. The second-order valence-electron chi connectivity index (χ2n) is 3.68. The molecule has 1 aromatic rings. The summed E-state index contributed by atoms with van der Waals surface area (Å²) in [5, 5.41) is 1.55. The molecule has 0 aliphatic carbocycles. The molecule has 2 N–H and O–H groups in total. The maximum absolute atomic E-state index is 5.70. The number of rotatable bonds is 3. The molecule has 4 nitrogen and oxygen atoms in total. The van der Waals surface area contributed by atoms with Gasteiger partial charge in [-0.05, 0) is 12.3 Å². The topological polar surface area (TPSA) is 55.0 Å². The monoisotopic (exact) mass is 194 g/mol. The van der Waals surface area contributed by atoms with Crippen molar-refractivity contribution in [2.75, 3.05) is 12.1 Å². The Morgan fingerprint density at radius 1 is 1.43 bits per heavy atom. The highest BCUT2D eigenvalue weighted by atomic mass is 15.4. The quantitative estimate of drug-likeness (QED) is 0.585. The summed E-state index contributed by atoms with van der Waals surface area (Å²) in [4.78, 5) is 8.48. The molecule has 4 heteroatoms. The maximum Gasteiger partial charge on any atom is 0.149 e. The molecule has 0 aliphatic rings. The SMILES string of the molecule is CCc1c(C(C)C)ncnc1N(C)N. The second kappa shape index (κ2) is 4.37. The van der Waals surface area contributed by atoms with Gasteiger partial charge < -0.3 is 0 Å². The van der Waals surface area contributed by atoms with Gasteiger partial charge >= 0.3 is 0 Å². The minimum Gasteiger partial charge on any atom is -0.298 e. The van der Waals surface area contributed by atoms with Crippen molar-refractivity contribution in [3.63, 3.8) is 0 Å². The summed E-state index contributed by atoms with van der Waals surface area (Å²) in [6.07, 6.45) is 2.48. The first-order chi connectivity index (χ1) is 6.57. The van der Waals surface area contributed by atoms with Crippen LogP contribution in [0.3, 0.4) is 0 Å². The van der Waals surface area contributed by atoms with E-state index in [-0.39, 0.29) is 0 Å². The number of nitrogens with zero attached hydrogens (tertiary/aromatic N) is 3. The largest absolute Gasteiger partial charge is 0.298 e. The number of hydrazine groups is 1. The first-order valence-corrected chi connectivity index (χ1v) is 4.90. The molecule has 0 amide bonds. The molecule has 0 atom stereocenters. The molecular formula is C10H18N4. The van der Waals surface area contributed by atoms with Crippen molar-refractivity contribution >= 4 is 5.82 Å². The van der Waals surface area contributed by atoms with Gasteiger partial charge in [-0.2, -0.15) is 0 Å². The zero-order chi connectivity index (χ0) is 10.7. The summed E-state index contributed by atoms with van der Waals surface area (Å²) in [5.74, 6) is 6.94. The third-order valence-corrected chi connectivity index (χ3v) is 2.19. The Balaban J connectivity index is 3.25. The van der Waals surface area contributed by atoms with Crippen molar-refractivity contribution in [1.82, 2.24) is 9.97 Å². The Hall–Kier alpha value is -1.16. The third kappa shape index (κ3) is 2.01. The van der Waals surface area contributed by atoms with E-state index in [1.807, 2.05) is 0 Å². The van der Waals surface area contributed by atoms with E-state index < -0.39 is 0 Å². The minimum atomic E-state index is 0.409. The molecule has 1 aromatic heterocycles. The first kappa shape index (κ1) is 10.9. The summed E-state index contributed by atoms with van der Waals surface area (Å²) < 4.78 is 0. The van der Waals surface area contributed by atoms with Gasteiger partial charge in [0.2, 0.25) is 0 Å². The molecule has 0 radical (unpaired) electrons. The Morgan fingerprint density at radius 3 is 2.50 bits per heavy atom. The zero-order valence-corrected chi connectivity index (χ0v) is 9.28. The highest BCUT2D eigenvalue weighted by molar-refractivity contribution is 5.47. The van der Waals surface area contributed by atoms with Gasteiger partial charge in [-0.15, -0.1) is 0 Å². The van der Waals surface area contributed by atoms with Crippen LogP contribution in [0.15, 0.2) is 6.33 Å². The fraction of sp³-hybridized carbons (Fsp3) is 0.600. The summed E-state index contributed by atoms with van der Waals surface area (Å²) in [6.45, 7) is 6.35. The Kier molecular flexibility index (Phi) is 3.41. The number of hydrogen-bond donors (Lipinski definition) is 1. The van der Waals surface area contributed by atoms with Gasteiger partial charge in [0, 0.05) is 12.6 Å². The molecule has 0 aliphatic heterocycles. The number of aromatic nitrogens is 2. The van der Waals surface area contributed by atoms with Gasteiger partial charge in [0.25, 0.3) is 0 Å². The van der Waals surface area contributed by atoms with Crippen molar-refractivity contribution < 1.29 is 0 Å². The van der Waals surface area contributed by atoms with E-state index in [2.05, 4.69) is 30.7 Å². The van der Waals surface area contributed by atoms with Crippen molar-refractivity contribution in [3.8, 4) is 0 Å². The van der Waals surface area contributed by atoms with Crippen molar-refractivity contribution in [3.05, 3.63) is 17.6 Å². The minimum absolute atomic E-state index is 0.409. The fourth-order valence-electron chi connectivity index (χ4n) is 1.56. The molecule has 14 heavy (non-hydrogen) atoms. The molecule has 0 saturated heterocycles. The second-order valence-corrected chi connectivity index (χ2v) is 3.68. The number of anilines is 1. The van der Waals surface area contributed by atoms with Crippen LogP contribution in [0, 0.1) is 0 Å². The standard InChI is InChI=1S/C10H18N4/c1-5-8-9(7(2)3)12-6-13-10(8)14(4)11/h6-7H,5,11H2,1-4H3. The summed E-state index contributed by atoms with van der Waals surface area (Å²) in [5.41, 5.74) is 2.24. The lowest BCUT2D eigenvalue weighted by Gasteiger charge is -2.18. The molecule has 1 heterocycles. The third-order valence-electron chi connectivity index (χ3n) is 2.19. The van der Waals surface area contributed by atoms with Crippen LogP contribution in [-0.4, -0.2) is 17.0 Å². The normalized spacial score (nSPS) is 10.7. The van der Waals surface area contributed by atoms with Crippen LogP contribution in [-0.2, 0) is 6.42 Å². The van der Waals surface area contributed by atoms with Crippen LogP contribution in [0.5, 0.6) is 0 Å². The molecule has 0 saturated carbocycles. The average Bonchev–Trinajstić information content (AvgIpc) is 2.16. The fourth-order valence-corrected chi connectivity index (χ4v) is 1.56. The van der Waals surface area contributed by atoms with E-state index in [1.54, 1.807) is 18.4 Å². The van der Waals surface area contributed by atoms with Crippen LogP contribution in [0.2, 0.25) is 0 Å². The molecular weight excluding hydrogens is 176 g/mol. The molecule has 1 rings (SSSR count). The van der Waals surface area contributed by atoms with Crippen LogP contribution < -0.4 is 10.9 Å². The Bertz CT molecular complexity index is 281. The van der Waals surface area contributed by atoms with E-state index >= 15 is 0 Å². The van der Waals surface area contributed by atoms with E-state index in [0.29, 0.717) is 5.92 Å². The van der Waals surface area contributed by atoms with Crippen LogP contribution >= 0.6 is 0 Å². The smallest absolute Gasteiger partial charge is 0.149 e.